The van der Waals surface area contributed by atoms with E-state index in [2.05, 4.69) is 4.98 Å². The molecule has 26 heavy (non-hydrogen) atoms. The Hall–Kier alpha value is -1.23. The first kappa shape index (κ1) is 19.5. The maximum absolute atomic E-state index is 6.32. The molecule has 0 unspecified atom stereocenters. The van der Waals surface area contributed by atoms with Crippen molar-refractivity contribution in [3.8, 4) is 0 Å². The van der Waals surface area contributed by atoms with Crippen molar-refractivity contribution >= 4 is 46.4 Å². The molecule has 0 bridgehead atoms. The van der Waals surface area contributed by atoms with Crippen LogP contribution in [0, 0.1) is 0 Å². The largest absolute Gasteiger partial charge is 0.375 e. The summed E-state index contributed by atoms with van der Waals surface area (Å²) in [5.41, 5.74) is 1.90. The molecule has 0 radical (unpaired) electrons. The molecule has 0 saturated heterocycles. The minimum absolute atomic E-state index is 0.0438. The SMILES string of the molecule is Clc1ccc(COC[C@H](Cc2ccc(Cl)cc2Cl)n2ccnc2)c(Cl)c1. The number of nitrogens with zero attached hydrogens (tertiary/aromatic N) is 2. The van der Waals surface area contributed by atoms with Gasteiger partial charge in [0, 0.05) is 32.5 Å². The normalized spacial score (nSPS) is 12.3. The van der Waals surface area contributed by atoms with Gasteiger partial charge in [0.25, 0.3) is 0 Å². The quantitative estimate of drug-likeness (QED) is 0.428. The van der Waals surface area contributed by atoms with Crippen LogP contribution in [0.1, 0.15) is 17.2 Å². The molecule has 1 atom stereocenters. The smallest absolute Gasteiger partial charge is 0.0949 e. The Balaban J connectivity index is 1.69. The third kappa shape index (κ3) is 5.15. The number of rotatable bonds is 7. The molecule has 0 saturated carbocycles. The zero-order valence-electron chi connectivity index (χ0n) is 13.7. The molecule has 0 aliphatic rings. The van der Waals surface area contributed by atoms with Gasteiger partial charge in [0.1, 0.15) is 0 Å². The first-order chi connectivity index (χ1) is 12.5. The van der Waals surface area contributed by atoms with E-state index >= 15 is 0 Å². The van der Waals surface area contributed by atoms with Gasteiger partial charge in [-0.15, -0.1) is 0 Å². The van der Waals surface area contributed by atoms with Gasteiger partial charge in [-0.1, -0.05) is 58.5 Å². The standard InChI is InChI=1S/C19H16Cl4N2O/c20-15-3-1-13(18(22)8-15)7-17(25-6-5-24-12-25)11-26-10-14-2-4-16(21)9-19(14)23/h1-6,8-9,12,17H,7,10-11H2/t17-/m0/s1. The predicted octanol–water partition coefficient (Wildman–Crippen LogP) is 6.50. The van der Waals surface area contributed by atoms with Gasteiger partial charge in [0.15, 0.2) is 0 Å². The van der Waals surface area contributed by atoms with Crippen LogP contribution in [0.15, 0.2) is 55.1 Å². The van der Waals surface area contributed by atoms with Crippen molar-refractivity contribution in [2.75, 3.05) is 6.61 Å². The van der Waals surface area contributed by atoms with Gasteiger partial charge in [-0.05, 0) is 41.8 Å². The van der Waals surface area contributed by atoms with Crippen molar-refractivity contribution in [3.05, 3.63) is 86.3 Å². The minimum atomic E-state index is 0.0438. The topological polar surface area (TPSA) is 27.1 Å². The maximum Gasteiger partial charge on any atom is 0.0949 e. The molecule has 3 rings (SSSR count). The van der Waals surface area contributed by atoms with E-state index in [9.17, 15) is 0 Å². The van der Waals surface area contributed by atoms with Crippen molar-refractivity contribution in [2.45, 2.75) is 19.1 Å². The van der Waals surface area contributed by atoms with Crippen molar-refractivity contribution in [1.29, 1.82) is 0 Å². The van der Waals surface area contributed by atoms with Crippen molar-refractivity contribution < 1.29 is 4.74 Å². The molecule has 0 aliphatic carbocycles. The molecule has 0 amide bonds. The van der Waals surface area contributed by atoms with Gasteiger partial charge in [0.2, 0.25) is 0 Å². The summed E-state index contributed by atoms with van der Waals surface area (Å²) < 4.78 is 7.93. The number of hydrogen-bond acceptors (Lipinski definition) is 2. The first-order valence-corrected chi connectivity index (χ1v) is 9.47. The summed E-state index contributed by atoms with van der Waals surface area (Å²) in [6.07, 6.45) is 6.12. The number of halogens is 4. The van der Waals surface area contributed by atoms with Crippen LogP contribution in [0.2, 0.25) is 20.1 Å². The summed E-state index contributed by atoms with van der Waals surface area (Å²) in [6, 6.07) is 10.9. The van der Waals surface area contributed by atoms with E-state index in [-0.39, 0.29) is 6.04 Å². The van der Waals surface area contributed by atoms with Crippen LogP contribution in [0.5, 0.6) is 0 Å². The molecule has 0 spiro atoms. The maximum atomic E-state index is 6.32. The second-order valence-corrected chi connectivity index (χ2v) is 7.54. The molecule has 1 heterocycles. The number of ether oxygens (including phenoxy) is 1. The van der Waals surface area contributed by atoms with E-state index in [1.807, 2.05) is 29.0 Å². The molecule has 0 fully saturated rings. The Bertz CT molecular complexity index is 868. The van der Waals surface area contributed by atoms with Gasteiger partial charge in [-0.2, -0.15) is 0 Å². The van der Waals surface area contributed by atoms with E-state index in [0.717, 1.165) is 11.1 Å². The van der Waals surface area contributed by atoms with Gasteiger partial charge in [-0.25, -0.2) is 4.98 Å². The van der Waals surface area contributed by atoms with Gasteiger partial charge in [-0.3, -0.25) is 0 Å². The fourth-order valence-electron chi connectivity index (χ4n) is 2.62. The molecule has 0 aliphatic heterocycles. The molecule has 3 aromatic rings. The average molecular weight is 430 g/mol. The van der Waals surface area contributed by atoms with E-state index in [0.29, 0.717) is 39.7 Å². The molecule has 1 aromatic heterocycles. The molecule has 0 N–H and O–H groups in total. The summed E-state index contributed by atoms with van der Waals surface area (Å²) in [5, 5.41) is 2.46. The molecular weight excluding hydrogens is 414 g/mol. The Morgan fingerprint density at radius 3 is 2.15 bits per heavy atom. The summed E-state index contributed by atoms with van der Waals surface area (Å²) in [5.74, 6) is 0. The van der Waals surface area contributed by atoms with E-state index in [1.54, 1.807) is 30.7 Å². The fourth-order valence-corrected chi connectivity index (χ4v) is 3.57. The van der Waals surface area contributed by atoms with Crippen molar-refractivity contribution in [1.82, 2.24) is 9.55 Å². The molecule has 3 nitrogen and oxygen atoms in total. The lowest BCUT2D eigenvalue weighted by Gasteiger charge is -2.20. The van der Waals surface area contributed by atoms with Crippen LogP contribution in [0.25, 0.3) is 0 Å². The lowest BCUT2D eigenvalue weighted by molar-refractivity contribution is 0.0898. The average Bonchev–Trinajstić information content (AvgIpc) is 3.12. The third-order valence-electron chi connectivity index (χ3n) is 4.00. The number of hydrogen-bond donors (Lipinski definition) is 0. The molecule has 2 aromatic carbocycles. The Morgan fingerprint density at radius 2 is 1.58 bits per heavy atom. The Kier molecular flexibility index (Phi) is 6.85. The van der Waals surface area contributed by atoms with Crippen LogP contribution in [0.3, 0.4) is 0 Å². The van der Waals surface area contributed by atoms with Gasteiger partial charge < -0.3 is 9.30 Å². The highest BCUT2D eigenvalue weighted by Gasteiger charge is 2.15. The lowest BCUT2D eigenvalue weighted by atomic mass is 10.1. The highest BCUT2D eigenvalue weighted by atomic mass is 35.5. The van der Waals surface area contributed by atoms with Crippen LogP contribution in [0.4, 0.5) is 0 Å². The molecule has 7 heteroatoms. The van der Waals surface area contributed by atoms with Crippen molar-refractivity contribution in [3.63, 3.8) is 0 Å². The zero-order chi connectivity index (χ0) is 18.5. The van der Waals surface area contributed by atoms with E-state index < -0.39 is 0 Å². The van der Waals surface area contributed by atoms with Crippen molar-refractivity contribution in [2.24, 2.45) is 0 Å². The van der Waals surface area contributed by atoms with Gasteiger partial charge >= 0.3 is 0 Å². The van der Waals surface area contributed by atoms with Crippen LogP contribution in [-0.4, -0.2) is 16.2 Å². The predicted molar refractivity (Wildman–Crippen MR) is 108 cm³/mol. The number of imidazole rings is 1. The van der Waals surface area contributed by atoms with Crippen LogP contribution < -0.4 is 0 Å². The second kappa shape index (κ2) is 9.12. The minimum Gasteiger partial charge on any atom is -0.375 e. The highest BCUT2D eigenvalue weighted by Crippen LogP contribution is 2.26. The van der Waals surface area contributed by atoms with E-state index in [4.69, 9.17) is 51.1 Å². The zero-order valence-corrected chi connectivity index (χ0v) is 16.7. The Morgan fingerprint density at radius 1 is 0.923 bits per heavy atom. The summed E-state index contributed by atoms with van der Waals surface area (Å²) in [4.78, 5) is 4.13. The summed E-state index contributed by atoms with van der Waals surface area (Å²) >= 11 is 24.4. The monoisotopic (exact) mass is 428 g/mol. The van der Waals surface area contributed by atoms with Crippen LogP contribution >= 0.6 is 46.4 Å². The number of aromatic nitrogens is 2. The summed E-state index contributed by atoms with van der Waals surface area (Å²) in [6.45, 7) is 0.879. The summed E-state index contributed by atoms with van der Waals surface area (Å²) in [7, 11) is 0. The lowest BCUT2D eigenvalue weighted by Crippen LogP contribution is -2.17. The first-order valence-electron chi connectivity index (χ1n) is 7.96. The highest BCUT2D eigenvalue weighted by molar-refractivity contribution is 6.35. The third-order valence-corrected chi connectivity index (χ3v) is 5.17. The van der Waals surface area contributed by atoms with Gasteiger partial charge in [0.05, 0.1) is 25.6 Å². The second-order valence-electron chi connectivity index (χ2n) is 5.85. The molecular formula is C19H16Cl4N2O. The van der Waals surface area contributed by atoms with E-state index in [1.165, 1.54) is 0 Å². The fraction of sp³-hybridized carbons (Fsp3) is 0.211. The Labute approximate surface area is 172 Å². The van der Waals surface area contributed by atoms with Crippen LogP contribution in [-0.2, 0) is 17.8 Å². The number of benzene rings is 2. The molecule has 136 valence electrons.